The van der Waals surface area contributed by atoms with Crippen LogP contribution < -0.4 is 0 Å². The molecule has 0 saturated heterocycles. The maximum absolute atomic E-state index is 10.4. The molecule has 1 aromatic rings. The largest absolute Gasteiger partial charge is 0.429 e. The third-order valence-electron chi connectivity index (χ3n) is 1.54. The Morgan fingerprint density at radius 1 is 1.38 bits per heavy atom. The second kappa shape index (κ2) is 4.49. The zero-order valence-corrected chi connectivity index (χ0v) is 8.47. The number of hydrogen-bond donors (Lipinski definition) is 0. The highest BCUT2D eigenvalue weighted by molar-refractivity contribution is 6.61. The van der Waals surface area contributed by atoms with Crippen molar-refractivity contribution in [3.63, 3.8) is 0 Å². The maximum Gasteiger partial charge on any atom is 0.405 e. The fraction of sp³-hybridized carbons (Fsp3) is 0.222. The minimum absolute atomic E-state index is 0.710. The van der Waals surface area contributed by atoms with Gasteiger partial charge in [0.1, 0.15) is 0 Å². The molecule has 0 aliphatic heterocycles. The average Bonchev–Trinajstić information content (AvgIpc) is 2.04. The monoisotopic (exact) mass is 218 g/mol. The Morgan fingerprint density at radius 2 is 1.92 bits per heavy atom. The van der Waals surface area contributed by atoms with Crippen LogP contribution in [0.1, 0.15) is 16.7 Å². The minimum Gasteiger partial charge on any atom is -0.429 e. The van der Waals surface area contributed by atoms with E-state index in [4.69, 9.17) is 23.2 Å². The summed E-state index contributed by atoms with van der Waals surface area (Å²) in [5.74, 6) is 0. The van der Waals surface area contributed by atoms with Crippen LogP contribution in [0.2, 0.25) is 0 Å². The first kappa shape index (κ1) is 10.4. The highest BCUT2D eigenvalue weighted by atomic mass is 35.5. The Labute approximate surface area is 86.4 Å². The van der Waals surface area contributed by atoms with Gasteiger partial charge in [-0.15, -0.1) is 0 Å². The van der Waals surface area contributed by atoms with Crippen molar-refractivity contribution in [2.24, 2.45) is 0 Å². The van der Waals surface area contributed by atoms with E-state index >= 15 is 0 Å². The molecular weight excluding hydrogens is 211 g/mol. The summed E-state index contributed by atoms with van der Waals surface area (Å²) in [6.07, 6.45) is 0. The Hall–Kier alpha value is -0.730. The van der Waals surface area contributed by atoms with E-state index in [0.29, 0.717) is 5.56 Å². The molecule has 1 aromatic carbocycles. The maximum atomic E-state index is 10.4. The van der Waals surface area contributed by atoms with Gasteiger partial charge in [-0.2, -0.15) is 0 Å². The lowest BCUT2D eigenvalue weighted by Crippen LogP contribution is -1.98. The number of halogens is 2. The molecule has 13 heavy (non-hydrogen) atoms. The van der Waals surface area contributed by atoms with Crippen LogP contribution in [0.3, 0.4) is 0 Å². The minimum atomic E-state index is -0.902. The SMILES string of the molecule is Cc1ccc(C(Cl)OC(=O)Cl)cc1. The molecule has 70 valence electrons. The van der Waals surface area contributed by atoms with Gasteiger partial charge in [0.2, 0.25) is 5.56 Å². The first-order chi connectivity index (χ1) is 6.09. The summed E-state index contributed by atoms with van der Waals surface area (Å²) < 4.78 is 4.57. The van der Waals surface area contributed by atoms with Crippen molar-refractivity contribution in [3.05, 3.63) is 35.4 Å². The van der Waals surface area contributed by atoms with Crippen LogP contribution in [0.25, 0.3) is 0 Å². The van der Waals surface area contributed by atoms with E-state index in [1.807, 2.05) is 19.1 Å². The number of hydrogen-bond acceptors (Lipinski definition) is 2. The molecule has 0 N–H and O–H groups in total. The summed E-state index contributed by atoms with van der Waals surface area (Å²) in [5.41, 5.74) is 0.109. The molecular formula is C9H8Cl2O2. The second-order valence-corrected chi connectivity index (χ2v) is 3.29. The van der Waals surface area contributed by atoms with Crippen LogP contribution in [0.4, 0.5) is 4.79 Å². The van der Waals surface area contributed by atoms with Crippen molar-refractivity contribution < 1.29 is 9.53 Å². The first-order valence-corrected chi connectivity index (χ1v) is 4.48. The number of rotatable bonds is 2. The summed E-state index contributed by atoms with van der Waals surface area (Å²) in [6, 6.07) is 7.33. The van der Waals surface area contributed by atoms with Gasteiger partial charge < -0.3 is 4.74 Å². The number of carbonyl (C=O) groups is 1. The quantitative estimate of drug-likeness (QED) is 0.561. The molecule has 0 bridgehead atoms. The normalized spacial score (nSPS) is 12.2. The predicted octanol–water partition coefficient (Wildman–Crippen LogP) is 3.61. The molecule has 0 fully saturated rings. The van der Waals surface area contributed by atoms with Gasteiger partial charge in [0.15, 0.2) is 0 Å². The van der Waals surface area contributed by atoms with E-state index in [1.54, 1.807) is 12.1 Å². The van der Waals surface area contributed by atoms with Crippen molar-refractivity contribution in [1.29, 1.82) is 0 Å². The molecule has 0 radical (unpaired) electrons. The lowest BCUT2D eigenvalue weighted by Gasteiger charge is -2.08. The second-order valence-electron chi connectivity index (χ2n) is 2.58. The fourth-order valence-electron chi connectivity index (χ4n) is 0.867. The number of ether oxygens (including phenoxy) is 1. The molecule has 4 heteroatoms. The highest BCUT2D eigenvalue weighted by Crippen LogP contribution is 2.22. The molecule has 0 aliphatic rings. The molecule has 0 spiro atoms. The van der Waals surface area contributed by atoms with Gasteiger partial charge >= 0.3 is 5.43 Å². The van der Waals surface area contributed by atoms with Gasteiger partial charge in [0, 0.05) is 17.2 Å². The third-order valence-corrected chi connectivity index (χ3v) is 1.97. The molecule has 0 aromatic heterocycles. The van der Waals surface area contributed by atoms with Gasteiger partial charge in [-0.05, 0) is 6.92 Å². The molecule has 2 nitrogen and oxygen atoms in total. The standard InChI is InChI=1S/C9H8Cl2O2/c1-6-2-4-7(5-3-6)8(10)13-9(11)12/h2-5,8H,1H3. The summed E-state index contributed by atoms with van der Waals surface area (Å²) >= 11 is 10.7. The average molecular weight is 219 g/mol. The van der Waals surface area contributed by atoms with Gasteiger partial charge in [-0.3, -0.25) is 0 Å². The highest BCUT2D eigenvalue weighted by Gasteiger charge is 2.10. The molecule has 1 rings (SSSR count). The van der Waals surface area contributed by atoms with Crippen LogP contribution in [0.15, 0.2) is 24.3 Å². The van der Waals surface area contributed by atoms with Crippen LogP contribution >= 0.6 is 23.2 Å². The molecule has 0 aliphatic carbocycles. The fourth-order valence-corrected chi connectivity index (χ4v) is 1.23. The number of alkyl halides is 1. The lowest BCUT2D eigenvalue weighted by atomic mass is 10.2. The van der Waals surface area contributed by atoms with Gasteiger partial charge in [-0.1, -0.05) is 41.4 Å². The van der Waals surface area contributed by atoms with E-state index < -0.39 is 11.0 Å². The first-order valence-electron chi connectivity index (χ1n) is 3.66. The zero-order valence-electron chi connectivity index (χ0n) is 6.96. The summed E-state index contributed by atoms with van der Waals surface area (Å²) in [6.45, 7) is 1.96. The Bertz CT molecular complexity index is 295. The van der Waals surface area contributed by atoms with Crippen molar-refractivity contribution in [2.45, 2.75) is 12.5 Å². The van der Waals surface area contributed by atoms with E-state index in [-0.39, 0.29) is 0 Å². The summed E-state index contributed by atoms with van der Waals surface area (Å²) in [7, 11) is 0. The number of benzene rings is 1. The smallest absolute Gasteiger partial charge is 0.405 e. The number of aryl methyl sites for hydroxylation is 1. The van der Waals surface area contributed by atoms with E-state index in [1.165, 1.54) is 0 Å². The molecule has 0 amide bonds. The van der Waals surface area contributed by atoms with Crippen LogP contribution in [0, 0.1) is 6.92 Å². The van der Waals surface area contributed by atoms with Gasteiger partial charge in [-0.25, -0.2) is 4.79 Å². The lowest BCUT2D eigenvalue weighted by molar-refractivity contribution is 0.160. The van der Waals surface area contributed by atoms with Crippen LogP contribution in [-0.4, -0.2) is 5.43 Å². The van der Waals surface area contributed by atoms with Crippen molar-refractivity contribution in [3.8, 4) is 0 Å². The Morgan fingerprint density at radius 3 is 2.38 bits per heavy atom. The molecule has 0 heterocycles. The predicted molar refractivity (Wildman–Crippen MR) is 52.1 cm³/mol. The Kier molecular flexibility index (Phi) is 3.58. The van der Waals surface area contributed by atoms with Crippen molar-refractivity contribution in [2.75, 3.05) is 0 Å². The third kappa shape index (κ3) is 3.25. The van der Waals surface area contributed by atoms with Gasteiger partial charge in [0.25, 0.3) is 0 Å². The molecule has 1 atom stereocenters. The van der Waals surface area contributed by atoms with E-state index in [0.717, 1.165) is 5.56 Å². The van der Waals surface area contributed by atoms with E-state index in [9.17, 15) is 4.79 Å². The Balaban J connectivity index is 2.71. The zero-order chi connectivity index (χ0) is 9.84. The van der Waals surface area contributed by atoms with Gasteiger partial charge in [0.05, 0.1) is 0 Å². The molecule has 0 saturated carbocycles. The van der Waals surface area contributed by atoms with E-state index in [2.05, 4.69) is 4.74 Å². The molecule has 1 unspecified atom stereocenters. The van der Waals surface area contributed by atoms with Crippen LogP contribution in [-0.2, 0) is 4.74 Å². The summed E-state index contributed by atoms with van der Waals surface area (Å²) in [4.78, 5) is 10.4. The van der Waals surface area contributed by atoms with Crippen LogP contribution in [0.5, 0.6) is 0 Å². The summed E-state index contributed by atoms with van der Waals surface area (Å²) in [5, 5.41) is 0. The van der Waals surface area contributed by atoms with Crippen molar-refractivity contribution in [1.82, 2.24) is 0 Å². The van der Waals surface area contributed by atoms with Crippen molar-refractivity contribution >= 4 is 28.6 Å². The number of carbonyl (C=O) groups excluding carboxylic acids is 1. The topological polar surface area (TPSA) is 26.3 Å².